The van der Waals surface area contributed by atoms with E-state index in [1.54, 1.807) is 4.57 Å². The van der Waals surface area contributed by atoms with Crippen LogP contribution in [0.5, 0.6) is 0 Å². The van der Waals surface area contributed by atoms with Gasteiger partial charge in [0.2, 0.25) is 0 Å². The molecule has 0 saturated carbocycles. The van der Waals surface area contributed by atoms with Gasteiger partial charge in [-0.05, 0) is 170 Å². The molecule has 5 nitrogen and oxygen atoms in total. The zero-order chi connectivity index (χ0) is 69.9. The minimum Gasteiger partial charge on any atom is -0.311 e. The highest BCUT2D eigenvalue weighted by atomic mass is 15.2. The van der Waals surface area contributed by atoms with Gasteiger partial charge in [0.15, 0.2) is 0 Å². The van der Waals surface area contributed by atoms with Crippen LogP contribution in [-0.4, -0.2) is 20.4 Å². The van der Waals surface area contributed by atoms with Gasteiger partial charge in [0.25, 0.3) is 6.71 Å². The molecule has 446 valence electrons. The summed E-state index contributed by atoms with van der Waals surface area (Å²) in [4.78, 5) is 4.79. The normalized spacial score (nSPS) is 13.7. The topological polar surface area (TPSA) is 21.3 Å². The van der Waals surface area contributed by atoms with Gasteiger partial charge in [-0.15, -0.1) is 0 Å². The molecule has 15 aromatic carbocycles. The highest BCUT2D eigenvalue weighted by molar-refractivity contribution is 7.00. The molecule has 0 radical (unpaired) electrons. The molecule has 18 aromatic rings. The van der Waals surface area contributed by atoms with E-state index in [0.717, 1.165) is 150 Å². The van der Waals surface area contributed by atoms with Crippen LogP contribution in [0.4, 0.5) is 34.1 Å². The van der Waals surface area contributed by atoms with Crippen molar-refractivity contribution in [3.63, 3.8) is 0 Å². The average molecular weight is 1230 g/mol. The first-order valence-corrected chi connectivity index (χ1v) is 32.5. The second-order valence-electron chi connectivity index (χ2n) is 24.9. The van der Waals surface area contributed by atoms with Gasteiger partial charge < -0.3 is 23.5 Å². The summed E-state index contributed by atoms with van der Waals surface area (Å²) in [6, 6.07) is 104. The van der Waals surface area contributed by atoms with Crippen molar-refractivity contribution in [2.45, 2.75) is 0 Å². The van der Waals surface area contributed by atoms with Crippen LogP contribution in [0, 0.1) is 0 Å². The van der Waals surface area contributed by atoms with E-state index < -0.39 is 43.0 Å². The lowest BCUT2D eigenvalue weighted by molar-refractivity contribution is 1.16. The fourth-order valence-electron chi connectivity index (χ4n) is 15.7. The predicted octanol–water partition coefficient (Wildman–Crippen LogP) is 21.7. The van der Waals surface area contributed by atoms with Crippen molar-refractivity contribution in [3.05, 3.63) is 352 Å². The lowest BCUT2D eigenvalue weighted by atomic mass is 9.33. The van der Waals surface area contributed by atoms with E-state index in [0.29, 0.717) is 5.69 Å². The summed E-state index contributed by atoms with van der Waals surface area (Å²) in [5.74, 6) is 0. The summed E-state index contributed by atoms with van der Waals surface area (Å²) >= 11 is 0. The molecule has 5 heterocycles. The van der Waals surface area contributed by atoms with Gasteiger partial charge in [-0.3, -0.25) is 0 Å². The number of anilines is 6. The molecule has 0 atom stereocenters. The summed E-state index contributed by atoms with van der Waals surface area (Å²) in [6.07, 6.45) is 0. The molecule has 0 aliphatic carbocycles. The maximum Gasteiger partial charge on any atom is 0.252 e. The smallest absolute Gasteiger partial charge is 0.252 e. The van der Waals surface area contributed by atoms with Gasteiger partial charge in [-0.25, -0.2) is 0 Å². The maximum absolute atomic E-state index is 10.0. The molecular weight excluding hydrogens is 1160 g/mol. The zero-order valence-corrected chi connectivity index (χ0v) is 51.7. The third kappa shape index (κ3) is 8.19. The van der Waals surface area contributed by atoms with Crippen LogP contribution in [-0.2, 0) is 0 Å². The number of nitrogens with zero attached hydrogens (tertiary/aromatic N) is 5. The van der Waals surface area contributed by atoms with Crippen LogP contribution in [0.25, 0.3) is 127 Å². The third-order valence-electron chi connectivity index (χ3n) is 19.8. The van der Waals surface area contributed by atoms with Crippen molar-refractivity contribution in [3.8, 4) is 61.6 Å². The summed E-state index contributed by atoms with van der Waals surface area (Å²) in [7, 11) is 0. The van der Waals surface area contributed by atoms with Crippen LogP contribution in [0.3, 0.4) is 0 Å². The summed E-state index contributed by atoms with van der Waals surface area (Å²) in [5, 5.41) is 3.98. The van der Waals surface area contributed by atoms with Crippen LogP contribution in [0.1, 0.15) is 11.0 Å². The van der Waals surface area contributed by atoms with Crippen LogP contribution >= 0.6 is 0 Å². The lowest BCUT2D eigenvalue weighted by Gasteiger charge is -2.45. The van der Waals surface area contributed by atoms with E-state index in [4.69, 9.17) is 0 Å². The number of rotatable bonds is 9. The second-order valence-corrected chi connectivity index (χ2v) is 24.9. The Hall–Kier alpha value is -12.6. The number of hydrogen-bond acceptors (Lipinski definition) is 2. The van der Waals surface area contributed by atoms with E-state index in [2.05, 4.69) is 286 Å². The first-order chi connectivity index (χ1) is 51.0. The standard InChI is InChI=1S/C90H58BN5/c1-7-25-59(26-8-1)63-45-49-78-72(53-63)88-82(92(78)67-33-15-5-16-34-67)41-23-43-84(88)95-80-51-47-65(61-29-11-3-12-30-61)55-74(80)91-75-56-66(62-31-13-4-14-32-62)48-52-81(75)96(87-58-69(57-86(95)90(87)91)94-76-39-21-19-37-70(76)71-38-20-22-40-77(71)94)85-44-24-42-83-89(85)73-54-64(60-27-9-2-10-28-60)46-50-79(73)93(83)68-35-17-6-18-36-68/h1-58H/i19D,20D,21D,22D,37D,38D,39D,40D. The molecule has 0 spiro atoms. The van der Waals surface area contributed by atoms with Gasteiger partial charge in [0.1, 0.15) is 0 Å². The van der Waals surface area contributed by atoms with E-state index >= 15 is 0 Å². The van der Waals surface area contributed by atoms with Gasteiger partial charge in [-0.1, -0.05) is 243 Å². The van der Waals surface area contributed by atoms with Crippen LogP contribution < -0.4 is 26.2 Å². The molecule has 0 fully saturated rings. The Balaban J connectivity index is 0.994. The van der Waals surface area contributed by atoms with Crippen LogP contribution in [0.2, 0.25) is 0 Å². The molecule has 0 N–H and O–H groups in total. The van der Waals surface area contributed by atoms with Crippen molar-refractivity contribution >= 4 is 123 Å². The zero-order valence-electron chi connectivity index (χ0n) is 59.7. The minimum absolute atomic E-state index is 0.00560. The van der Waals surface area contributed by atoms with Gasteiger partial charge in [0.05, 0.1) is 61.1 Å². The predicted molar refractivity (Wildman–Crippen MR) is 405 cm³/mol. The van der Waals surface area contributed by atoms with Crippen molar-refractivity contribution in [2.75, 3.05) is 9.80 Å². The first-order valence-electron chi connectivity index (χ1n) is 36.5. The van der Waals surface area contributed by atoms with Gasteiger partial charge in [0, 0.05) is 66.4 Å². The Bertz CT molecular complexity index is 6250. The quantitative estimate of drug-likeness (QED) is 0.134. The lowest BCUT2D eigenvalue weighted by Crippen LogP contribution is -2.61. The van der Waals surface area contributed by atoms with E-state index in [9.17, 15) is 11.0 Å². The number of fused-ring (bicyclic) bond motifs is 13. The molecule has 3 aromatic heterocycles. The number of hydrogen-bond donors (Lipinski definition) is 0. The molecule has 2 aliphatic heterocycles. The van der Waals surface area contributed by atoms with Crippen molar-refractivity contribution in [1.29, 1.82) is 0 Å². The molecule has 20 rings (SSSR count). The van der Waals surface area contributed by atoms with Gasteiger partial charge >= 0.3 is 0 Å². The SMILES string of the molecule is [2H]c1c([2H])c([2H])c2c(c1[2H])c1c([2H])c([2H])c([2H])c([2H])c1n2-c1cc2c3c(c1)N(c1cccc4c1c1cc(-c5ccccc5)ccc1n4-c1ccccc1)c1ccc(-c4ccccc4)cc1B3c1cc(-c3ccccc3)ccc1N2c1cccc2c1c1cc(-c3ccccc3)ccc1n2-c1ccccc1. The largest absolute Gasteiger partial charge is 0.311 e. The second kappa shape index (κ2) is 21.5. The van der Waals surface area contributed by atoms with Crippen molar-refractivity contribution < 1.29 is 11.0 Å². The molecule has 96 heavy (non-hydrogen) atoms. The van der Waals surface area contributed by atoms with Crippen molar-refractivity contribution in [2.24, 2.45) is 0 Å². The van der Waals surface area contributed by atoms with Gasteiger partial charge in [-0.2, -0.15) is 0 Å². The average Bonchev–Trinajstić information content (AvgIpc) is 0.965. The summed E-state index contributed by atoms with van der Waals surface area (Å²) in [5.41, 5.74) is 22.8. The Morgan fingerprint density at radius 1 is 0.229 bits per heavy atom. The molecule has 2 aliphatic rings. The van der Waals surface area contributed by atoms with E-state index in [1.165, 1.54) is 0 Å². The molecule has 0 amide bonds. The summed E-state index contributed by atoms with van der Waals surface area (Å²) < 4.78 is 83.1. The van der Waals surface area contributed by atoms with E-state index in [-0.39, 0.29) is 33.9 Å². The monoisotopic (exact) mass is 1230 g/mol. The number of benzene rings is 15. The molecular formula is C90H58BN5. The Labute approximate surface area is 567 Å². The molecule has 6 heteroatoms. The summed E-state index contributed by atoms with van der Waals surface area (Å²) in [6.45, 7) is -0.490. The highest BCUT2D eigenvalue weighted by Crippen LogP contribution is 2.52. The fourth-order valence-corrected chi connectivity index (χ4v) is 15.7. The Morgan fingerprint density at radius 3 is 0.990 bits per heavy atom. The molecule has 0 saturated heterocycles. The number of aromatic nitrogens is 3. The third-order valence-corrected chi connectivity index (χ3v) is 19.8. The number of para-hydroxylation sites is 4. The maximum atomic E-state index is 10.0. The van der Waals surface area contributed by atoms with Crippen LogP contribution in [0.15, 0.2) is 352 Å². The van der Waals surface area contributed by atoms with E-state index in [1.807, 2.05) is 36.4 Å². The first kappa shape index (κ1) is 46.4. The minimum atomic E-state index is -0.510. The Kier molecular flexibility index (Phi) is 10.4. The molecule has 0 unspecified atom stereocenters. The Morgan fingerprint density at radius 2 is 0.583 bits per heavy atom. The molecule has 0 bridgehead atoms. The van der Waals surface area contributed by atoms with Crippen molar-refractivity contribution in [1.82, 2.24) is 13.7 Å². The fraction of sp³-hybridized carbons (Fsp3) is 0. The highest BCUT2D eigenvalue weighted by Gasteiger charge is 2.45.